The van der Waals surface area contributed by atoms with Crippen LogP contribution in [0.3, 0.4) is 0 Å². The molecular weight excluding hydrogens is 482 g/mol. The zero-order chi connectivity index (χ0) is 15.7. The van der Waals surface area contributed by atoms with Crippen molar-refractivity contribution in [1.29, 1.82) is 0 Å². The van der Waals surface area contributed by atoms with E-state index in [9.17, 15) is 44.0 Å². The van der Waals surface area contributed by atoms with Crippen LogP contribution in [-0.2, 0) is 22.9 Å². The molecule has 0 aromatic heterocycles. The molecule has 24 heavy (non-hydrogen) atoms. The molecular formula is C6H10K4O12P2. The van der Waals surface area contributed by atoms with E-state index in [-0.39, 0.29) is 206 Å². The van der Waals surface area contributed by atoms with Gasteiger partial charge in [0.25, 0.3) is 0 Å². The van der Waals surface area contributed by atoms with Crippen molar-refractivity contribution in [2.45, 2.75) is 30.7 Å². The Labute approximate surface area is 307 Å². The maximum Gasteiger partial charge on any atom is 1.00 e. The van der Waals surface area contributed by atoms with Gasteiger partial charge in [0, 0.05) is 0 Å². The van der Waals surface area contributed by atoms with E-state index in [0.717, 1.165) is 0 Å². The fraction of sp³-hybridized carbons (Fsp3) is 1.00. The average Bonchev–Trinajstić information content (AvgIpc) is 2.25. The van der Waals surface area contributed by atoms with Crippen LogP contribution < -0.4 is 225 Å². The first kappa shape index (κ1) is 37.9. The molecule has 0 aromatic rings. The van der Waals surface area contributed by atoms with Crippen LogP contribution in [0.2, 0.25) is 0 Å². The maximum absolute atomic E-state index is 10.4. The second-order valence-corrected chi connectivity index (χ2v) is 6.07. The fourth-order valence-electron chi connectivity index (χ4n) is 1.43. The minimum atomic E-state index is -5.59. The third-order valence-electron chi connectivity index (χ3n) is 2.30. The maximum atomic E-state index is 10.4. The van der Waals surface area contributed by atoms with Gasteiger partial charge in [0.05, 0.1) is 22.3 Å². The van der Waals surface area contributed by atoms with Gasteiger partial charge >= 0.3 is 206 Å². The van der Waals surface area contributed by atoms with Gasteiger partial charge < -0.3 is 57.8 Å². The van der Waals surface area contributed by atoms with Crippen LogP contribution >= 0.6 is 15.6 Å². The van der Waals surface area contributed by atoms with Crippen LogP contribution in [0.4, 0.5) is 0 Å². The topological polar surface area (TPSA) is 215 Å². The molecule has 18 heteroatoms. The van der Waals surface area contributed by atoms with E-state index in [2.05, 4.69) is 13.8 Å². The van der Waals surface area contributed by atoms with Crippen molar-refractivity contribution in [1.82, 2.24) is 0 Å². The summed E-state index contributed by atoms with van der Waals surface area (Å²) in [5.74, 6) is 0. The van der Waals surface area contributed by atoms with Gasteiger partial charge in [0.2, 0.25) is 0 Å². The summed E-state index contributed by atoms with van der Waals surface area (Å²) < 4.78 is 32.8. The Morgan fingerprint density at radius 1 is 0.833 bits per heavy atom. The second kappa shape index (κ2) is 17.1. The quantitative estimate of drug-likeness (QED) is 0.241. The van der Waals surface area contributed by atoms with Crippen molar-refractivity contribution < 1.29 is 263 Å². The van der Waals surface area contributed by atoms with Gasteiger partial charge in [-0.15, -0.1) is 0 Å². The zero-order valence-electron chi connectivity index (χ0n) is 13.5. The SMILES string of the molecule is O=P([O-])([O-])OCC1OC(OP(=O)([O-])[O-])C(O)C(O)C1O.[K+].[K+].[K+].[K+]. The van der Waals surface area contributed by atoms with Crippen molar-refractivity contribution in [3.63, 3.8) is 0 Å². The summed E-state index contributed by atoms with van der Waals surface area (Å²) >= 11 is 0. The molecule has 1 saturated heterocycles. The summed E-state index contributed by atoms with van der Waals surface area (Å²) in [7, 11) is -11.0. The smallest absolute Gasteiger partial charge is 0.790 e. The summed E-state index contributed by atoms with van der Waals surface area (Å²) in [5, 5.41) is 28.1. The van der Waals surface area contributed by atoms with Crippen molar-refractivity contribution in [3.05, 3.63) is 0 Å². The molecule has 12 nitrogen and oxygen atoms in total. The van der Waals surface area contributed by atoms with Crippen molar-refractivity contribution in [3.8, 4) is 0 Å². The van der Waals surface area contributed by atoms with Gasteiger partial charge in [-0.05, 0) is 0 Å². The van der Waals surface area contributed by atoms with Crippen LogP contribution in [-0.4, -0.2) is 52.6 Å². The molecule has 0 amide bonds. The van der Waals surface area contributed by atoms with Crippen LogP contribution in [0.5, 0.6) is 0 Å². The predicted molar refractivity (Wildman–Crippen MR) is 48.9 cm³/mol. The first-order valence-corrected chi connectivity index (χ1v) is 7.89. The van der Waals surface area contributed by atoms with E-state index in [0.29, 0.717) is 0 Å². The number of aliphatic hydroxyl groups excluding tert-OH is 3. The van der Waals surface area contributed by atoms with Crippen molar-refractivity contribution in [2.24, 2.45) is 0 Å². The molecule has 1 heterocycles. The molecule has 5 atom stereocenters. The van der Waals surface area contributed by atoms with E-state index in [1.165, 1.54) is 0 Å². The van der Waals surface area contributed by atoms with Gasteiger partial charge in [0.15, 0.2) is 6.29 Å². The molecule has 0 bridgehead atoms. The van der Waals surface area contributed by atoms with E-state index < -0.39 is 53.0 Å². The molecule has 1 rings (SSSR count). The van der Waals surface area contributed by atoms with E-state index >= 15 is 0 Å². The van der Waals surface area contributed by atoms with Crippen LogP contribution in [0.25, 0.3) is 0 Å². The Hall–Kier alpha value is 6.61. The fourth-order valence-corrected chi connectivity index (χ4v) is 2.19. The summed E-state index contributed by atoms with van der Waals surface area (Å²) in [6.45, 7) is -1.07. The van der Waals surface area contributed by atoms with Gasteiger partial charge in [0.1, 0.15) is 24.4 Å². The molecule has 120 valence electrons. The standard InChI is InChI=1S/C6H14O12P2.4K/c7-3-2(1-16-19(10,11)12)17-6(5(9)4(3)8)18-20(13,14)15;;;;/h2-9H,1H2,(H2,10,11,12)(H2,13,14,15);;;;/q;4*+1/p-4. The van der Waals surface area contributed by atoms with E-state index in [1.54, 1.807) is 0 Å². The molecule has 1 aliphatic heterocycles. The van der Waals surface area contributed by atoms with Crippen molar-refractivity contribution >= 4 is 15.6 Å². The van der Waals surface area contributed by atoms with Gasteiger partial charge in [-0.1, -0.05) is 0 Å². The third kappa shape index (κ3) is 15.4. The molecule has 0 aliphatic carbocycles. The van der Waals surface area contributed by atoms with Gasteiger partial charge in [-0.2, -0.15) is 0 Å². The van der Waals surface area contributed by atoms with E-state index in [1.807, 2.05) is 0 Å². The number of hydrogen-bond donors (Lipinski definition) is 3. The summed E-state index contributed by atoms with van der Waals surface area (Å²) in [6.07, 6.45) is -9.92. The first-order chi connectivity index (χ1) is 8.91. The number of phosphoric ester groups is 2. The Bertz CT molecular complexity index is 428. The number of rotatable bonds is 5. The normalized spacial score (nSPS) is 30.0. The van der Waals surface area contributed by atoms with Crippen LogP contribution in [0.15, 0.2) is 0 Å². The Balaban J connectivity index is -0.000000500. The number of hydrogen-bond acceptors (Lipinski definition) is 12. The van der Waals surface area contributed by atoms with Gasteiger partial charge in [-0.3, -0.25) is 0 Å². The monoisotopic (exact) mass is 492 g/mol. The molecule has 5 unspecified atom stereocenters. The molecule has 3 N–H and O–H groups in total. The number of ether oxygens (including phenoxy) is 1. The molecule has 0 spiro atoms. The minimum Gasteiger partial charge on any atom is -0.790 e. The number of aliphatic hydroxyl groups is 3. The van der Waals surface area contributed by atoms with Crippen LogP contribution in [0.1, 0.15) is 0 Å². The second-order valence-electron chi connectivity index (χ2n) is 3.81. The molecule has 1 fully saturated rings. The number of phosphoric acid groups is 2. The van der Waals surface area contributed by atoms with Crippen molar-refractivity contribution in [2.75, 3.05) is 6.61 Å². The van der Waals surface area contributed by atoms with Gasteiger partial charge in [-0.25, -0.2) is 0 Å². The Kier molecular flexibility index (Phi) is 27.0. The minimum absolute atomic E-state index is 0. The molecule has 1 aliphatic rings. The zero-order valence-corrected chi connectivity index (χ0v) is 27.8. The summed E-state index contributed by atoms with van der Waals surface area (Å²) in [5.41, 5.74) is 0. The molecule has 0 aromatic carbocycles. The summed E-state index contributed by atoms with van der Waals surface area (Å²) in [6, 6.07) is 0. The largest absolute Gasteiger partial charge is 1.00 e. The first-order valence-electron chi connectivity index (χ1n) is 4.97. The predicted octanol–water partition coefficient (Wildman–Crippen LogP) is -17.5. The summed E-state index contributed by atoms with van der Waals surface area (Å²) in [4.78, 5) is 41.3. The third-order valence-corrected chi connectivity index (χ3v) is 3.23. The van der Waals surface area contributed by atoms with E-state index in [4.69, 9.17) is 0 Å². The average molecular weight is 492 g/mol. The Morgan fingerprint density at radius 3 is 1.67 bits per heavy atom. The Morgan fingerprint density at radius 2 is 1.29 bits per heavy atom. The molecule has 0 saturated carbocycles. The molecule has 0 radical (unpaired) electrons. The van der Waals surface area contributed by atoms with Crippen LogP contribution in [0, 0.1) is 0 Å².